The van der Waals surface area contributed by atoms with E-state index in [9.17, 15) is 5.11 Å². The first-order valence-corrected chi connectivity index (χ1v) is 10.8. The zero-order valence-corrected chi connectivity index (χ0v) is 16.7. The van der Waals surface area contributed by atoms with Crippen LogP contribution in [0.15, 0.2) is 22.8 Å². The van der Waals surface area contributed by atoms with Gasteiger partial charge >= 0.3 is 0 Å². The van der Waals surface area contributed by atoms with Crippen molar-refractivity contribution in [3.63, 3.8) is 0 Å². The van der Waals surface area contributed by atoms with Crippen LogP contribution in [0.5, 0.6) is 0 Å². The van der Waals surface area contributed by atoms with E-state index in [1.807, 2.05) is 6.92 Å². The SMILES string of the molecule is C#C[C@H]1CC2(CC3=C1C1=CC[C@]4(C)[C@@H](C(C)O)CC[C@H]4[C@@H]1CC3)OCCO2. The summed E-state index contributed by atoms with van der Waals surface area (Å²) in [7, 11) is 0. The summed E-state index contributed by atoms with van der Waals surface area (Å²) in [5, 5.41) is 10.4. The Kier molecular flexibility index (Phi) is 4.14. The van der Waals surface area contributed by atoms with Gasteiger partial charge in [-0.1, -0.05) is 24.5 Å². The van der Waals surface area contributed by atoms with Crippen LogP contribution >= 0.6 is 0 Å². The minimum atomic E-state index is -0.461. The molecule has 0 radical (unpaired) electrons. The molecule has 3 heteroatoms. The number of ether oxygens (including phenoxy) is 2. The Labute approximate surface area is 163 Å². The van der Waals surface area contributed by atoms with Gasteiger partial charge in [-0.2, -0.15) is 0 Å². The number of aliphatic hydroxyl groups excluding tert-OH is 1. The normalized spacial score (nSPS) is 43.6. The minimum absolute atomic E-state index is 0.110. The first kappa shape index (κ1) is 18.0. The number of terminal acetylenes is 1. The van der Waals surface area contributed by atoms with Gasteiger partial charge in [0.25, 0.3) is 0 Å². The Morgan fingerprint density at radius 1 is 1.26 bits per heavy atom. The Morgan fingerprint density at radius 3 is 2.74 bits per heavy atom. The molecule has 0 bridgehead atoms. The zero-order chi connectivity index (χ0) is 18.8. The third-order valence-electron chi connectivity index (χ3n) is 8.52. The van der Waals surface area contributed by atoms with Crippen molar-refractivity contribution < 1.29 is 14.6 Å². The van der Waals surface area contributed by atoms with Crippen LogP contribution in [0.2, 0.25) is 0 Å². The fourth-order valence-electron chi connectivity index (χ4n) is 7.38. The number of allylic oxidation sites excluding steroid dienone is 3. The lowest BCUT2D eigenvalue weighted by Gasteiger charge is -2.50. The molecule has 0 aromatic carbocycles. The van der Waals surface area contributed by atoms with Gasteiger partial charge in [0.2, 0.25) is 0 Å². The predicted octanol–water partition coefficient (Wildman–Crippen LogP) is 4.22. The summed E-state index contributed by atoms with van der Waals surface area (Å²) in [6.07, 6.45) is 15.8. The topological polar surface area (TPSA) is 38.7 Å². The second kappa shape index (κ2) is 6.21. The first-order valence-electron chi connectivity index (χ1n) is 10.8. The molecule has 3 nitrogen and oxygen atoms in total. The van der Waals surface area contributed by atoms with Crippen LogP contribution in [0, 0.1) is 41.4 Å². The van der Waals surface area contributed by atoms with Crippen molar-refractivity contribution in [2.45, 2.75) is 70.7 Å². The first-order chi connectivity index (χ1) is 13.0. The van der Waals surface area contributed by atoms with Crippen LogP contribution in [-0.4, -0.2) is 30.2 Å². The fraction of sp³-hybridized carbons (Fsp3) is 0.750. The van der Waals surface area contributed by atoms with Crippen LogP contribution in [-0.2, 0) is 9.47 Å². The molecule has 6 atom stereocenters. The molecule has 1 aliphatic heterocycles. The van der Waals surface area contributed by atoms with Crippen LogP contribution < -0.4 is 0 Å². The number of rotatable bonds is 1. The van der Waals surface area contributed by atoms with E-state index in [0.717, 1.165) is 32.1 Å². The van der Waals surface area contributed by atoms with E-state index in [2.05, 4.69) is 18.9 Å². The molecule has 1 spiro atoms. The third kappa shape index (κ3) is 2.53. The van der Waals surface area contributed by atoms with E-state index in [1.165, 1.54) is 24.0 Å². The Balaban J connectivity index is 1.52. The summed E-state index contributed by atoms with van der Waals surface area (Å²) < 4.78 is 12.1. The van der Waals surface area contributed by atoms with Crippen molar-refractivity contribution >= 4 is 0 Å². The molecule has 4 aliphatic carbocycles. The van der Waals surface area contributed by atoms with E-state index in [0.29, 0.717) is 31.0 Å². The van der Waals surface area contributed by atoms with Crippen molar-refractivity contribution in [3.8, 4) is 12.3 Å². The molecule has 1 N–H and O–H groups in total. The molecular weight excluding hydrogens is 336 g/mol. The zero-order valence-electron chi connectivity index (χ0n) is 16.7. The molecule has 146 valence electrons. The Hall–Kier alpha value is -1.08. The smallest absolute Gasteiger partial charge is 0.173 e. The number of aliphatic hydroxyl groups is 1. The van der Waals surface area contributed by atoms with Gasteiger partial charge in [-0.3, -0.25) is 0 Å². The van der Waals surface area contributed by atoms with E-state index < -0.39 is 5.79 Å². The molecule has 1 saturated carbocycles. The average molecular weight is 369 g/mol. The van der Waals surface area contributed by atoms with Gasteiger partial charge in [0.1, 0.15) is 0 Å². The number of fused-ring (bicyclic) bond motifs is 4. The lowest BCUT2D eigenvalue weighted by atomic mass is 9.55. The molecule has 27 heavy (non-hydrogen) atoms. The highest BCUT2D eigenvalue weighted by atomic mass is 16.7. The molecule has 2 fully saturated rings. The van der Waals surface area contributed by atoms with Crippen LogP contribution in [0.3, 0.4) is 0 Å². The summed E-state index contributed by atoms with van der Waals surface area (Å²) in [6.45, 7) is 5.78. The van der Waals surface area contributed by atoms with Crippen molar-refractivity contribution in [1.29, 1.82) is 0 Å². The standard InChI is InChI=1S/C24H32O3/c1-4-16-13-24(26-11-12-27-24)14-17-5-6-18-19(22(16)17)9-10-23(3)20(15(2)25)7-8-21(18)23/h1,9,15-16,18,20-21,25H,5-8,10-14H2,2-3H3/t15?,16-,18+,20+,21-,23+/m0/s1. The van der Waals surface area contributed by atoms with E-state index in [1.54, 1.807) is 5.57 Å². The van der Waals surface area contributed by atoms with Gasteiger partial charge in [-0.15, -0.1) is 6.42 Å². The summed E-state index contributed by atoms with van der Waals surface area (Å²) in [5.41, 5.74) is 4.73. The Morgan fingerprint density at radius 2 is 2.04 bits per heavy atom. The average Bonchev–Trinajstić information content (AvgIpc) is 3.24. The quantitative estimate of drug-likeness (QED) is 0.704. The van der Waals surface area contributed by atoms with Gasteiger partial charge < -0.3 is 14.6 Å². The van der Waals surface area contributed by atoms with Crippen LogP contribution in [0.25, 0.3) is 0 Å². The highest BCUT2D eigenvalue weighted by molar-refractivity contribution is 5.48. The van der Waals surface area contributed by atoms with Gasteiger partial charge in [0, 0.05) is 12.8 Å². The van der Waals surface area contributed by atoms with Crippen molar-refractivity contribution in [3.05, 3.63) is 22.8 Å². The molecule has 0 aromatic heterocycles. The van der Waals surface area contributed by atoms with Crippen LogP contribution in [0.1, 0.15) is 58.8 Å². The van der Waals surface area contributed by atoms with Gasteiger partial charge in [0.05, 0.1) is 25.2 Å². The fourth-order valence-corrected chi connectivity index (χ4v) is 7.38. The molecule has 0 aromatic rings. The predicted molar refractivity (Wildman–Crippen MR) is 105 cm³/mol. The second-order valence-electron chi connectivity index (χ2n) is 9.77. The molecule has 1 heterocycles. The highest BCUT2D eigenvalue weighted by Crippen LogP contribution is 2.62. The monoisotopic (exact) mass is 368 g/mol. The molecule has 1 unspecified atom stereocenters. The molecule has 5 rings (SSSR count). The second-order valence-corrected chi connectivity index (χ2v) is 9.77. The van der Waals surface area contributed by atoms with Crippen LogP contribution in [0.4, 0.5) is 0 Å². The molecule has 1 saturated heterocycles. The van der Waals surface area contributed by atoms with Crippen molar-refractivity contribution in [1.82, 2.24) is 0 Å². The molecular formula is C24H32O3. The summed E-state index contributed by atoms with van der Waals surface area (Å²) in [5.74, 6) is 4.45. The largest absolute Gasteiger partial charge is 0.393 e. The minimum Gasteiger partial charge on any atom is -0.393 e. The highest BCUT2D eigenvalue weighted by Gasteiger charge is 2.55. The van der Waals surface area contributed by atoms with E-state index in [4.69, 9.17) is 15.9 Å². The van der Waals surface area contributed by atoms with E-state index >= 15 is 0 Å². The summed E-state index contributed by atoms with van der Waals surface area (Å²) in [6, 6.07) is 0. The van der Waals surface area contributed by atoms with Gasteiger partial charge in [-0.25, -0.2) is 0 Å². The summed E-state index contributed by atoms with van der Waals surface area (Å²) >= 11 is 0. The van der Waals surface area contributed by atoms with Gasteiger partial charge in [0.15, 0.2) is 5.79 Å². The maximum absolute atomic E-state index is 10.4. The maximum atomic E-state index is 10.4. The molecule has 0 amide bonds. The lowest BCUT2D eigenvalue weighted by Crippen LogP contribution is -2.44. The summed E-state index contributed by atoms with van der Waals surface area (Å²) in [4.78, 5) is 0. The Bertz CT molecular complexity index is 733. The molecule has 5 aliphatic rings. The number of hydrogen-bond acceptors (Lipinski definition) is 3. The number of hydrogen-bond donors (Lipinski definition) is 1. The van der Waals surface area contributed by atoms with Crippen molar-refractivity contribution in [2.75, 3.05) is 13.2 Å². The van der Waals surface area contributed by atoms with E-state index in [-0.39, 0.29) is 17.4 Å². The van der Waals surface area contributed by atoms with Gasteiger partial charge in [-0.05, 0) is 73.3 Å². The van der Waals surface area contributed by atoms with Crippen molar-refractivity contribution in [2.24, 2.45) is 29.1 Å². The third-order valence-corrected chi connectivity index (χ3v) is 8.52. The maximum Gasteiger partial charge on any atom is 0.173 e. The lowest BCUT2D eigenvalue weighted by molar-refractivity contribution is -0.168.